The van der Waals surface area contributed by atoms with Gasteiger partial charge in [-0.05, 0) is 20.8 Å². The molecule has 0 aliphatic heterocycles. The highest BCUT2D eigenvalue weighted by atomic mass is 15.3. The number of imidazole rings is 1. The standard InChI is InChI=1S/C11H17N5/c1-7(2)16-6-9(5-13-16)10-11(12)15(4)8(3)14-10/h5-7H,12H2,1-4H3. The normalized spacial score (nSPS) is 11.3. The van der Waals surface area contributed by atoms with Crippen molar-refractivity contribution in [3.63, 3.8) is 0 Å². The van der Waals surface area contributed by atoms with E-state index in [1.165, 1.54) is 0 Å². The summed E-state index contributed by atoms with van der Waals surface area (Å²) in [4.78, 5) is 4.44. The van der Waals surface area contributed by atoms with Gasteiger partial charge in [-0.1, -0.05) is 0 Å². The lowest BCUT2D eigenvalue weighted by Crippen LogP contribution is -2.00. The predicted molar refractivity (Wildman–Crippen MR) is 64.0 cm³/mol. The van der Waals surface area contributed by atoms with E-state index in [0.717, 1.165) is 17.1 Å². The minimum Gasteiger partial charge on any atom is -0.383 e. The zero-order valence-corrected chi connectivity index (χ0v) is 10.1. The molecule has 0 aliphatic carbocycles. The molecule has 0 fully saturated rings. The monoisotopic (exact) mass is 219 g/mol. The summed E-state index contributed by atoms with van der Waals surface area (Å²) in [5, 5.41) is 4.28. The van der Waals surface area contributed by atoms with E-state index in [2.05, 4.69) is 23.9 Å². The number of nitrogen functional groups attached to an aromatic ring is 1. The summed E-state index contributed by atoms with van der Waals surface area (Å²) in [6.07, 6.45) is 3.78. The third kappa shape index (κ3) is 1.58. The molecule has 5 nitrogen and oxygen atoms in total. The summed E-state index contributed by atoms with van der Waals surface area (Å²) in [5.41, 5.74) is 7.76. The molecular formula is C11H17N5. The molecule has 2 aromatic rings. The second-order valence-corrected chi connectivity index (χ2v) is 4.25. The fraction of sp³-hybridized carbons (Fsp3) is 0.455. The molecule has 2 rings (SSSR count). The third-order valence-corrected chi connectivity index (χ3v) is 2.77. The fourth-order valence-electron chi connectivity index (χ4n) is 1.58. The topological polar surface area (TPSA) is 61.7 Å². The van der Waals surface area contributed by atoms with Gasteiger partial charge >= 0.3 is 0 Å². The van der Waals surface area contributed by atoms with E-state index >= 15 is 0 Å². The molecule has 0 bridgehead atoms. The maximum atomic E-state index is 5.98. The van der Waals surface area contributed by atoms with Gasteiger partial charge in [0, 0.05) is 24.8 Å². The summed E-state index contributed by atoms with van der Waals surface area (Å²) >= 11 is 0. The summed E-state index contributed by atoms with van der Waals surface area (Å²) in [6, 6.07) is 0.347. The first-order valence-electron chi connectivity index (χ1n) is 5.34. The minimum atomic E-state index is 0.347. The molecule has 0 atom stereocenters. The molecule has 0 aromatic carbocycles. The summed E-state index contributed by atoms with van der Waals surface area (Å²) in [5.74, 6) is 1.59. The van der Waals surface area contributed by atoms with Crippen LogP contribution in [0.3, 0.4) is 0 Å². The zero-order chi connectivity index (χ0) is 11.9. The van der Waals surface area contributed by atoms with Crippen LogP contribution in [-0.4, -0.2) is 19.3 Å². The van der Waals surface area contributed by atoms with E-state index in [-0.39, 0.29) is 0 Å². The first kappa shape index (κ1) is 10.7. The number of anilines is 1. The van der Waals surface area contributed by atoms with Crippen LogP contribution in [0.5, 0.6) is 0 Å². The number of hydrogen-bond acceptors (Lipinski definition) is 3. The van der Waals surface area contributed by atoms with Crippen LogP contribution in [0.15, 0.2) is 12.4 Å². The highest BCUT2D eigenvalue weighted by Crippen LogP contribution is 2.25. The maximum absolute atomic E-state index is 5.98. The number of aryl methyl sites for hydroxylation is 1. The van der Waals surface area contributed by atoms with E-state index in [0.29, 0.717) is 11.9 Å². The van der Waals surface area contributed by atoms with E-state index < -0.39 is 0 Å². The van der Waals surface area contributed by atoms with E-state index in [1.807, 2.05) is 29.4 Å². The van der Waals surface area contributed by atoms with Gasteiger partial charge in [0.15, 0.2) is 0 Å². The summed E-state index contributed by atoms with van der Waals surface area (Å²) < 4.78 is 3.78. The Morgan fingerprint density at radius 1 is 1.38 bits per heavy atom. The highest BCUT2D eigenvalue weighted by Gasteiger charge is 2.13. The quantitative estimate of drug-likeness (QED) is 0.837. The zero-order valence-electron chi connectivity index (χ0n) is 10.1. The molecule has 2 aromatic heterocycles. The Balaban J connectivity index is 2.46. The van der Waals surface area contributed by atoms with Crippen LogP contribution in [0, 0.1) is 6.92 Å². The molecule has 0 aliphatic rings. The van der Waals surface area contributed by atoms with Gasteiger partial charge < -0.3 is 10.3 Å². The van der Waals surface area contributed by atoms with Gasteiger partial charge in [0.1, 0.15) is 17.3 Å². The van der Waals surface area contributed by atoms with Crippen LogP contribution in [0.25, 0.3) is 11.3 Å². The predicted octanol–water partition coefficient (Wildman–Crippen LogP) is 1.76. The molecule has 2 N–H and O–H groups in total. The number of nitrogens with zero attached hydrogens (tertiary/aromatic N) is 4. The molecular weight excluding hydrogens is 202 g/mol. The SMILES string of the molecule is Cc1nc(-c2cnn(C(C)C)c2)c(N)n1C. The van der Waals surface area contributed by atoms with E-state index in [4.69, 9.17) is 5.73 Å². The van der Waals surface area contributed by atoms with Crippen molar-refractivity contribution in [3.8, 4) is 11.3 Å². The molecule has 5 heteroatoms. The van der Waals surface area contributed by atoms with Gasteiger partial charge in [-0.3, -0.25) is 4.68 Å². The molecule has 16 heavy (non-hydrogen) atoms. The lowest BCUT2D eigenvalue weighted by Gasteiger charge is -2.02. The number of rotatable bonds is 2. The first-order valence-corrected chi connectivity index (χ1v) is 5.34. The number of nitrogens with two attached hydrogens (primary N) is 1. The summed E-state index contributed by atoms with van der Waals surface area (Å²) in [6.45, 7) is 6.11. The Labute approximate surface area is 94.9 Å². The van der Waals surface area contributed by atoms with E-state index in [1.54, 1.807) is 6.20 Å². The van der Waals surface area contributed by atoms with Crippen molar-refractivity contribution >= 4 is 5.82 Å². The van der Waals surface area contributed by atoms with Crippen LogP contribution >= 0.6 is 0 Å². The van der Waals surface area contributed by atoms with Crippen molar-refractivity contribution in [1.82, 2.24) is 19.3 Å². The Morgan fingerprint density at radius 2 is 2.06 bits per heavy atom. The van der Waals surface area contributed by atoms with Crippen molar-refractivity contribution in [2.24, 2.45) is 7.05 Å². The summed E-state index contributed by atoms with van der Waals surface area (Å²) in [7, 11) is 1.91. The van der Waals surface area contributed by atoms with Gasteiger partial charge in [0.05, 0.1) is 6.20 Å². The van der Waals surface area contributed by atoms with E-state index in [9.17, 15) is 0 Å². The van der Waals surface area contributed by atoms with Crippen LogP contribution in [-0.2, 0) is 7.05 Å². The largest absolute Gasteiger partial charge is 0.383 e. The Bertz CT molecular complexity index is 506. The lowest BCUT2D eigenvalue weighted by atomic mass is 10.2. The minimum absolute atomic E-state index is 0.347. The highest BCUT2D eigenvalue weighted by molar-refractivity contribution is 5.69. The first-order chi connectivity index (χ1) is 7.50. The molecule has 0 amide bonds. The molecule has 86 valence electrons. The number of aromatic nitrogens is 4. The second-order valence-electron chi connectivity index (χ2n) is 4.25. The molecule has 0 saturated heterocycles. The Morgan fingerprint density at radius 3 is 2.50 bits per heavy atom. The molecule has 0 radical (unpaired) electrons. The molecule has 2 heterocycles. The van der Waals surface area contributed by atoms with Crippen molar-refractivity contribution in [3.05, 3.63) is 18.2 Å². The third-order valence-electron chi connectivity index (χ3n) is 2.77. The van der Waals surface area contributed by atoms with Crippen LogP contribution in [0.4, 0.5) is 5.82 Å². The van der Waals surface area contributed by atoms with Gasteiger partial charge in [0.2, 0.25) is 0 Å². The maximum Gasteiger partial charge on any atom is 0.131 e. The Hall–Kier alpha value is -1.78. The van der Waals surface area contributed by atoms with Crippen molar-refractivity contribution in [1.29, 1.82) is 0 Å². The lowest BCUT2D eigenvalue weighted by molar-refractivity contribution is 0.532. The van der Waals surface area contributed by atoms with Crippen molar-refractivity contribution in [2.45, 2.75) is 26.8 Å². The fourth-order valence-corrected chi connectivity index (χ4v) is 1.58. The molecule has 0 saturated carbocycles. The number of hydrogen-bond donors (Lipinski definition) is 1. The smallest absolute Gasteiger partial charge is 0.131 e. The van der Waals surface area contributed by atoms with Gasteiger partial charge in [-0.2, -0.15) is 5.10 Å². The van der Waals surface area contributed by atoms with Gasteiger partial charge in [0.25, 0.3) is 0 Å². The van der Waals surface area contributed by atoms with Crippen LogP contribution in [0.2, 0.25) is 0 Å². The average molecular weight is 219 g/mol. The average Bonchev–Trinajstić information content (AvgIpc) is 2.79. The van der Waals surface area contributed by atoms with Crippen molar-refractivity contribution < 1.29 is 0 Å². The van der Waals surface area contributed by atoms with Gasteiger partial charge in [-0.15, -0.1) is 0 Å². The second kappa shape index (κ2) is 3.66. The molecule has 0 spiro atoms. The Kier molecular flexibility index (Phi) is 2.46. The van der Waals surface area contributed by atoms with Crippen molar-refractivity contribution in [2.75, 3.05) is 5.73 Å². The van der Waals surface area contributed by atoms with Crippen LogP contribution < -0.4 is 5.73 Å². The van der Waals surface area contributed by atoms with Gasteiger partial charge in [-0.25, -0.2) is 4.98 Å². The molecule has 0 unspecified atom stereocenters. The van der Waals surface area contributed by atoms with Crippen LogP contribution in [0.1, 0.15) is 25.7 Å².